The number of hydrogen-bond donors (Lipinski definition) is 3. The van der Waals surface area contributed by atoms with Gasteiger partial charge in [0.15, 0.2) is 0 Å². The summed E-state index contributed by atoms with van der Waals surface area (Å²) in [4.78, 5) is 78.1. The van der Waals surface area contributed by atoms with Crippen molar-refractivity contribution < 1.29 is 38.2 Å². The van der Waals surface area contributed by atoms with Crippen LogP contribution in [-0.4, -0.2) is 84.9 Å². The molecule has 1 saturated carbocycles. The molecule has 4 amide bonds. The molecule has 1 aliphatic carbocycles. The van der Waals surface area contributed by atoms with E-state index >= 15 is 0 Å². The molecule has 0 radical (unpaired) electrons. The third kappa shape index (κ3) is 10.8. The minimum atomic E-state index is -1.12. The minimum Gasteiger partial charge on any atom is -0.460 e. The summed E-state index contributed by atoms with van der Waals surface area (Å²) in [5, 5.41) is 7.65. The number of ether oxygens (including phenoxy) is 2. The quantitative estimate of drug-likeness (QED) is 0.151. The van der Waals surface area contributed by atoms with E-state index in [-0.39, 0.29) is 37.4 Å². The van der Waals surface area contributed by atoms with Crippen LogP contribution in [0, 0.1) is 11.8 Å². The summed E-state index contributed by atoms with van der Waals surface area (Å²) in [5.41, 5.74) is 0. The van der Waals surface area contributed by atoms with Gasteiger partial charge in [0.05, 0.1) is 12.6 Å². The molecule has 230 valence electrons. The van der Waals surface area contributed by atoms with Crippen molar-refractivity contribution in [1.29, 1.82) is 0 Å². The number of nitrogens with one attached hydrogen (secondary N) is 3. The van der Waals surface area contributed by atoms with Crippen LogP contribution in [0.15, 0.2) is 12.7 Å². The highest BCUT2D eigenvalue weighted by Crippen LogP contribution is 2.29. The van der Waals surface area contributed by atoms with Crippen molar-refractivity contribution in [1.82, 2.24) is 20.9 Å². The molecule has 1 heterocycles. The van der Waals surface area contributed by atoms with E-state index in [9.17, 15) is 28.8 Å². The van der Waals surface area contributed by atoms with Gasteiger partial charge in [0.25, 0.3) is 5.91 Å². The zero-order valence-corrected chi connectivity index (χ0v) is 24.6. The molecule has 0 aromatic carbocycles. The molecule has 41 heavy (non-hydrogen) atoms. The number of carbonyl (C=O) groups excluding carboxylic acids is 6. The lowest BCUT2D eigenvalue weighted by molar-refractivity contribution is -0.145. The molecule has 12 nitrogen and oxygen atoms in total. The van der Waals surface area contributed by atoms with Crippen LogP contribution in [0.2, 0.25) is 0 Å². The Morgan fingerprint density at radius 3 is 2.32 bits per heavy atom. The molecule has 3 atom stereocenters. The molecule has 0 aromatic heterocycles. The van der Waals surface area contributed by atoms with Crippen LogP contribution < -0.4 is 16.0 Å². The lowest BCUT2D eigenvalue weighted by Gasteiger charge is -2.34. The zero-order valence-electron chi connectivity index (χ0n) is 24.6. The molecule has 3 unspecified atom stereocenters. The van der Waals surface area contributed by atoms with Crippen molar-refractivity contribution in [2.75, 3.05) is 26.3 Å². The predicted molar refractivity (Wildman–Crippen MR) is 150 cm³/mol. The maximum absolute atomic E-state index is 13.8. The lowest BCUT2D eigenvalue weighted by Crippen LogP contribution is -2.58. The summed E-state index contributed by atoms with van der Waals surface area (Å²) >= 11 is 0. The summed E-state index contributed by atoms with van der Waals surface area (Å²) in [6, 6.07) is -2.78. The van der Waals surface area contributed by atoms with Crippen LogP contribution in [0.5, 0.6) is 0 Å². The van der Waals surface area contributed by atoms with Crippen LogP contribution >= 0.6 is 0 Å². The number of amides is 4. The molecule has 3 N–H and O–H groups in total. The number of hydrogen-bond acceptors (Lipinski definition) is 8. The normalized spacial score (nSPS) is 18.6. The average molecular weight is 579 g/mol. The Bertz CT molecular complexity index is 947. The molecule has 12 heteroatoms. The molecule has 2 fully saturated rings. The summed E-state index contributed by atoms with van der Waals surface area (Å²) in [6.07, 6.45) is 6.95. The van der Waals surface area contributed by atoms with Crippen molar-refractivity contribution in [3.05, 3.63) is 12.7 Å². The average Bonchev–Trinajstić information content (AvgIpc) is 3.46. The second kappa shape index (κ2) is 17.4. The van der Waals surface area contributed by atoms with Crippen molar-refractivity contribution in [3.63, 3.8) is 0 Å². The van der Waals surface area contributed by atoms with Crippen LogP contribution in [0.25, 0.3) is 0 Å². The first-order valence-electron chi connectivity index (χ1n) is 14.7. The molecular formula is C29H46N4O8. The zero-order chi connectivity index (χ0) is 30.4. The van der Waals surface area contributed by atoms with E-state index in [0.717, 1.165) is 32.1 Å². The van der Waals surface area contributed by atoms with Gasteiger partial charge in [-0.05, 0) is 43.9 Å². The van der Waals surface area contributed by atoms with Crippen LogP contribution in [-0.2, 0) is 33.4 Å². The Balaban J connectivity index is 2.09. The van der Waals surface area contributed by atoms with Gasteiger partial charge in [0.1, 0.15) is 25.2 Å². The van der Waals surface area contributed by atoms with E-state index in [4.69, 9.17) is 9.47 Å². The first-order chi connectivity index (χ1) is 19.6. The van der Waals surface area contributed by atoms with E-state index in [1.807, 2.05) is 13.8 Å². The van der Waals surface area contributed by atoms with E-state index < -0.39 is 54.3 Å². The van der Waals surface area contributed by atoms with E-state index in [0.29, 0.717) is 25.8 Å². The maximum Gasteiger partial charge on any atom is 0.407 e. The first-order valence-corrected chi connectivity index (χ1v) is 14.7. The van der Waals surface area contributed by atoms with Gasteiger partial charge in [0.2, 0.25) is 17.6 Å². The van der Waals surface area contributed by atoms with E-state index in [1.54, 1.807) is 6.92 Å². The third-order valence-electron chi connectivity index (χ3n) is 7.24. The highest BCUT2D eigenvalue weighted by atomic mass is 16.5. The largest absolute Gasteiger partial charge is 0.460 e. The summed E-state index contributed by atoms with van der Waals surface area (Å²) in [7, 11) is 0. The fourth-order valence-corrected chi connectivity index (χ4v) is 5.17. The van der Waals surface area contributed by atoms with Gasteiger partial charge in [-0.15, -0.1) is 0 Å². The number of alkyl carbamates (subject to hydrolysis) is 1. The van der Waals surface area contributed by atoms with E-state index in [1.165, 1.54) is 11.0 Å². The maximum atomic E-state index is 13.8. The Hall–Kier alpha value is -3.44. The van der Waals surface area contributed by atoms with Gasteiger partial charge in [-0.25, -0.2) is 4.79 Å². The number of ketones is 1. The Kier molecular flexibility index (Phi) is 14.3. The molecule has 0 spiro atoms. The van der Waals surface area contributed by atoms with Gasteiger partial charge < -0.3 is 30.3 Å². The highest BCUT2D eigenvalue weighted by Gasteiger charge is 2.42. The number of likely N-dealkylation sites (tertiary alicyclic amines) is 1. The summed E-state index contributed by atoms with van der Waals surface area (Å²) < 4.78 is 10.1. The summed E-state index contributed by atoms with van der Waals surface area (Å²) in [5.74, 6) is -3.43. The topological polar surface area (TPSA) is 160 Å². The molecule has 0 bridgehead atoms. The van der Waals surface area contributed by atoms with Gasteiger partial charge in [0, 0.05) is 6.54 Å². The number of esters is 1. The summed E-state index contributed by atoms with van der Waals surface area (Å²) in [6.45, 7) is 9.12. The monoisotopic (exact) mass is 578 g/mol. The third-order valence-corrected chi connectivity index (χ3v) is 7.24. The number of nitrogens with zero attached hydrogens (tertiary/aromatic N) is 1. The molecule has 2 aliphatic rings. The molecule has 1 saturated heterocycles. The van der Waals surface area contributed by atoms with Crippen LogP contribution in [0.4, 0.5) is 4.79 Å². The molecule has 2 rings (SSSR count). The van der Waals surface area contributed by atoms with Gasteiger partial charge >= 0.3 is 12.1 Å². The SMILES string of the molecule is C=CCOC(=O)CNC(=O)C(=O)C(CCC)NC(=O)C1CCCN1C(=O)C(NC(=O)OCC(C)C)C1CCCCC1. The van der Waals surface area contributed by atoms with E-state index in [2.05, 4.69) is 22.5 Å². The molecule has 0 aromatic rings. The number of carbonyl (C=O) groups is 6. The van der Waals surface area contributed by atoms with Crippen LogP contribution in [0.3, 0.4) is 0 Å². The van der Waals surface area contributed by atoms with Crippen molar-refractivity contribution in [3.8, 4) is 0 Å². The van der Waals surface area contributed by atoms with Crippen molar-refractivity contribution in [2.45, 2.75) is 96.7 Å². The van der Waals surface area contributed by atoms with Crippen molar-refractivity contribution in [2.24, 2.45) is 11.8 Å². The van der Waals surface area contributed by atoms with Gasteiger partial charge in [-0.1, -0.05) is 59.1 Å². The fraction of sp³-hybridized carbons (Fsp3) is 0.724. The Morgan fingerprint density at radius 1 is 0.976 bits per heavy atom. The number of Topliss-reactive ketones (excluding diaryl/α,β-unsaturated/α-hetero) is 1. The van der Waals surface area contributed by atoms with Gasteiger partial charge in [-0.3, -0.25) is 24.0 Å². The molecule has 1 aliphatic heterocycles. The first kappa shape index (κ1) is 33.8. The minimum absolute atomic E-state index is 0.0238. The molecular weight excluding hydrogens is 532 g/mol. The predicted octanol–water partition coefficient (Wildman–Crippen LogP) is 2.01. The Labute approximate surface area is 242 Å². The van der Waals surface area contributed by atoms with Gasteiger partial charge in [-0.2, -0.15) is 0 Å². The fourth-order valence-electron chi connectivity index (χ4n) is 5.17. The number of rotatable bonds is 15. The second-order valence-electron chi connectivity index (χ2n) is 11.1. The standard InChI is InChI=1S/C29H46N4O8/c1-5-11-21(25(35)27(37)30-17-23(34)40-16-6-2)31-26(36)22-14-10-15-33(22)28(38)24(20-12-8-7-9-13-20)32-29(39)41-18-19(3)4/h6,19-22,24H,2,5,7-18H2,1,3-4H3,(H,30,37)(H,31,36)(H,32,39). The lowest BCUT2D eigenvalue weighted by atomic mass is 9.83. The van der Waals surface area contributed by atoms with Crippen LogP contribution in [0.1, 0.15) is 78.6 Å². The second-order valence-corrected chi connectivity index (χ2v) is 11.1. The Morgan fingerprint density at radius 2 is 1.68 bits per heavy atom. The smallest absolute Gasteiger partial charge is 0.407 e. The highest BCUT2D eigenvalue weighted by molar-refractivity contribution is 6.38. The van der Waals surface area contributed by atoms with Crippen molar-refractivity contribution >= 4 is 35.6 Å².